The van der Waals surface area contributed by atoms with Gasteiger partial charge in [-0.05, 0) is 47.5 Å². The highest BCUT2D eigenvalue weighted by Gasteiger charge is 2.32. The van der Waals surface area contributed by atoms with Crippen molar-refractivity contribution >= 4 is 29.1 Å². The molecule has 8 heteroatoms. The molecular weight excluding hydrogens is 419 g/mol. The molecule has 0 aromatic heterocycles. The summed E-state index contributed by atoms with van der Waals surface area (Å²) in [5.74, 6) is 0.373. The van der Waals surface area contributed by atoms with Gasteiger partial charge in [-0.3, -0.25) is 4.79 Å². The van der Waals surface area contributed by atoms with E-state index < -0.39 is 11.7 Å². The number of hydrogen-bond acceptors (Lipinski definition) is 4. The minimum atomic E-state index is -4.51. The van der Waals surface area contributed by atoms with E-state index in [1.54, 1.807) is 13.2 Å². The Labute approximate surface area is 176 Å². The first-order chi connectivity index (χ1) is 14.3. The van der Waals surface area contributed by atoms with Gasteiger partial charge in [-0.2, -0.15) is 13.2 Å². The third-order valence-corrected chi connectivity index (χ3v) is 5.48. The highest BCUT2D eigenvalue weighted by atomic mass is 35.5. The highest BCUT2D eigenvalue weighted by molar-refractivity contribution is 6.30. The quantitative estimate of drug-likeness (QED) is 0.632. The molecule has 0 saturated carbocycles. The number of rotatable bonds is 3. The van der Waals surface area contributed by atoms with Crippen LogP contribution in [0.4, 0.5) is 18.9 Å². The van der Waals surface area contributed by atoms with Gasteiger partial charge in [0.15, 0.2) is 5.78 Å². The molecule has 158 valence electrons. The van der Waals surface area contributed by atoms with Crippen molar-refractivity contribution in [3.8, 4) is 5.75 Å². The monoisotopic (exact) mass is 437 g/mol. The zero-order valence-electron chi connectivity index (χ0n) is 16.2. The maximum absolute atomic E-state index is 13.1. The van der Waals surface area contributed by atoms with Crippen molar-refractivity contribution in [2.24, 2.45) is 0 Å². The summed E-state index contributed by atoms with van der Waals surface area (Å²) in [7, 11) is 1.55. The molecule has 0 spiro atoms. The summed E-state index contributed by atoms with van der Waals surface area (Å²) < 4.78 is 50.1. The molecule has 2 aliphatic rings. The lowest BCUT2D eigenvalue weighted by Gasteiger charge is -2.30. The van der Waals surface area contributed by atoms with Crippen LogP contribution in [0.2, 0.25) is 5.02 Å². The molecule has 30 heavy (non-hydrogen) atoms. The number of methoxy groups -OCH3 is 1. The molecule has 1 aliphatic carbocycles. The molecule has 2 aromatic carbocycles. The van der Waals surface area contributed by atoms with E-state index in [2.05, 4.69) is 4.90 Å². The third kappa shape index (κ3) is 4.04. The number of ketones is 1. The Bertz CT molecular complexity index is 1030. The lowest BCUT2D eigenvalue weighted by Crippen LogP contribution is -2.36. The Kier molecular flexibility index (Phi) is 5.51. The average molecular weight is 438 g/mol. The molecule has 0 unspecified atom stereocenters. The van der Waals surface area contributed by atoms with Crippen LogP contribution in [-0.4, -0.2) is 39.2 Å². The second-order valence-electron chi connectivity index (χ2n) is 7.23. The molecule has 0 amide bonds. The summed E-state index contributed by atoms with van der Waals surface area (Å²) in [6, 6.07) is 6.92. The Hall–Kier alpha value is -2.51. The van der Waals surface area contributed by atoms with Gasteiger partial charge >= 0.3 is 6.18 Å². The number of fused-ring (bicyclic) bond motifs is 1. The fourth-order valence-corrected chi connectivity index (χ4v) is 4.06. The second-order valence-corrected chi connectivity index (χ2v) is 7.66. The predicted molar refractivity (Wildman–Crippen MR) is 108 cm³/mol. The van der Waals surface area contributed by atoms with Crippen molar-refractivity contribution in [2.45, 2.75) is 12.6 Å². The number of ether oxygens (including phenoxy) is 2. The summed E-state index contributed by atoms with van der Waals surface area (Å²) >= 11 is 5.87. The Morgan fingerprint density at radius 1 is 1.13 bits per heavy atom. The summed E-state index contributed by atoms with van der Waals surface area (Å²) in [5, 5.41) is -0.0316. The number of hydrogen-bond donors (Lipinski definition) is 0. The largest absolute Gasteiger partial charge is 0.495 e. The predicted octanol–water partition coefficient (Wildman–Crippen LogP) is 5.03. The van der Waals surface area contributed by atoms with Crippen LogP contribution in [0.3, 0.4) is 0 Å². The van der Waals surface area contributed by atoms with Crippen molar-refractivity contribution in [1.82, 2.24) is 0 Å². The standard InChI is InChI=1S/C22H19ClF3NO3/c1-29-20-12-18-14(10-19(20)27-2-4-30-5-3-27)9-15(21(18)28)6-13-7-16(22(24,25)26)11-17(23)8-13/h6-8,10-12H,2-5,9H2,1H3/b15-6+. The van der Waals surface area contributed by atoms with Crippen molar-refractivity contribution in [3.05, 3.63) is 63.2 Å². The molecule has 0 bridgehead atoms. The van der Waals surface area contributed by atoms with Crippen LogP contribution >= 0.6 is 11.6 Å². The summed E-state index contributed by atoms with van der Waals surface area (Å²) in [4.78, 5) is 15.1. The van der Waals surface area contributed by atoms with Crippen LogP contribution in [0.15, 0.2) is 35.9 Å². The summed E-state index contributed by atoms with van der Waals surface area (Å²) in [6.45, 7) is 2.66. The molecule has 4 nitrogen and oxygen atoms in total. The minimum absolute atomic E-state index is 0.0316. The van der Waals surface area contributed by atoms with Gasteiger partial charge in [0.05, 0.1) is 31.6 Å². The van der Waals surface area contributed by atoms with Gasteiger partial charge in [0.25, 0.3) is 0 Å². The zero-order valence-corrected chi connectivity index (χ0v) is 16.9. The fraction of sp³-hybridized carbons (Fsp3) is 0.318. The number of benzene rings is 2. The molecule has 0 radical (unpaired) electrons. The number of morpholine rings is 1. The van der Waals surface area contributed by atoms with E-state index in [9.17, 15) is 18.0 Å². The Morgan fingerprint density at radius 2 is 1.87 bits per heavy atom. The van der Waals surface area contributed by atoms with Gasteiger partial charge in [-0.25, -0.2) is 0 Å². The maximum Gasteiger partial charge on any atom is 0.416 e. The van der Waals surface area contributed by atoms with E-state index in [1.165, 1.54) is 12.1 Å². The molecule has 1 saturated heterocycles. The van der Waals surface area contributed by atoms with Gasteiger partial charge in [-0.1, -0.05) is 11.6 Å². The van der Waals surface area contributed by atoms with Gasteiger partial charge in [-0.15, -0.1) is 0 Å². The second kappa shape index (κ2) is 7.96. The van der Waals surface area contributed by atoms with Crippen LogP contribution < -0.4 is 9.64 Å². The number of anilines is 1. The van der Waals surface area contributed by atoms with Gasteiger partial charge in [0, 0.05) is 35.7 Å². The normalized spacial score (nSPS) is 18.1. The Morgan fingerprint density at radius 3 is 2.53 bits per heavy atom. The van der Waals surface area contributed by atoms with E-state index in [0.29, 0.717) is 49.6 Å². The van der Waals surface area contributed by atoms with Crippen molar-refractivity contribution in [3.63, 3.8) is 0 Å². The van der Waals surface area contributed by atoms with Gasteiger partial charge in [0.1, 0.15) is 5.75 Å². The molecule has 1 aliphatic heterocycles. The topological polar surface area (TPSA) is 38.8 Å². The van der Waals surface area contributed by atoms with E-state index in [0.717, 1.165) is 23.4 Å². The first kappa shape index (κ1) is 20.8. The number of carbonyl (C=O) groups excluding carboxylic acids is 1. The number of halogens is 4. The van der Waals surface area contributed by atoms with Crippen LogP contribution in [-0.2, 0) is 17.3 Å². The molecule has 1 heterocycles. The lowest BCUT2D eigenvalue weighted by molar-refractivity contribution is -0.137. The van der Waals surface area contributed by atoms with Crippen LogP contribution in [0.25, 0.3) is 6.08 Å². The smallest absolute Gasteiger partial charge is 0.416 e. The first-order valence-corrected chi connectivity index (χ1v) is 9.81. The third-order valence-electron chi connectivity index (χ3n) is 5.26. The van der Waals surface area contributed by atoms with Crippen LogP contribution in [0.1, 0.15) is 27.0 Å². The minimum Gasteiger partial charge on any atom is -0.495 e. The summed E-state index contributed by atoms with van der Waals surface area (Å²) in [6.07, 6.45) is -2.70. The van der Waals surface area contributed by atoms with E-state index in [-0.39, 0.29) is 16.4 Å². The lowest BCUT2D eigenvalue weighted by atomic mass is 10.1. The molecule has 2 aromatic rings. The van der Waals surface area contributed by atoms with Crippen molar-refractivity contribution in [1.29, 1.82) is 0 Å². The number of alkyl halides is 3. The molecule has 0 atom stereocenters. The molecule has 1 fully saturated rings. The number of carbonyl (C=O) groups is 1. The summed E-state index contributed by atoms with van der Waals surface area (Å²) in [5.41, 5.74) is 2.03. The van der Waals surface area contributed by atoms with E-state index >= 15 is 0 Å². The highest BCUT2D eigenvalue weighted by Crippen LogP contribution is 2.38. The Balaban J connectivity index is 1.69. The van der Waals surface area contributed by atoms with Crippen molar-refractivity contribution < 1.29 is 27.4 Å². The molecule has 4 rings (SSSR count). The van der Waals surface area contributed by atoms with Gasteiger partial charge < -0.3 is 14.4 Å². The fourth-order valence-electron chi connectivity index (χ4n) is 3.82. The van der Waals surface area contributed by atoms with Crippen LogP contribution in [0, 0.1) is 0 Å². The maximum atomic E-state index is 13.1. The van der Waals surface area contributed by atoms with E-state index in [1.807, 2.05) is 6.07 Å². The van der Waals surface area contributed by atoms with Gasteiger partial charge in [0.2, 0.25) is 0 Å². The molecule has 0 N–H and O–H groups in total. The number of nitrogens with zero attached hydrogens (tertiary/aromatic N) is 1. The van der Waals surface area contributed by atoms with E-state index in [4.69, 9.17) is 21.1 Å². The zero-order chi connectivity index (χ0) is 21.5. The first-order valence-electron chi connectivity index (χ1n) is 9.43. The molecular formula is C22H19ClF3NO3. The number of Topliss-reactive ketones (excluding diaryl/α,β-unsaturated/α-hetero) is 1. The SMILES string of the molecule is COc1cc2c(cc1N1CCOCC1)C/C(=C\c1cc(Cl)cc(C(F)(F)F)c1)C2=O. The average Bonchev–Trinajstić information content (AvgIpc) is 3.01. The van der Waals surface area contributed by atoms with Crippen molar-refractivity contribution in [2.75, 3.05) is 38.3 Å². The number of allylic oxidation sites excluding steroid dienone is 1. The van der Waals surface area contributed by atoms with Crippen LogP contribution in [0.5, 0.6) is 5.75 Å².